The zero-order chi connectivity index (χ0) is 14.6. The first-order chi connectivity index (χ1) is 9.49. The lowest BCUT2D eigenvalue weighted by Gasteiger charge is -2.41. The molecule has 1 aromatic rings. The Bertz CT molecular complexity index is 544. The van der Waals surface area contributed by atoms with E-state index in [1.807, 2.05) is 0 Å². The number of hydrogen-bond acceptors (Lipinski definition) is 3. The van der Waals surface area contributed by atoms with Gasteiger partial charge in [-0.05, 0) is 35.8 Å². The Kier molecular flexibility index (Phi) is 4.83. The first-order valence-electron chi connectivity index (χ1n) is 7.15. The maximum atomic E-state index is 12.1. The molecular weight excluding hydrogens is 274 g/mol. The molecule has 0 heterocycles. The molecule has 0 aliphatic heterocycles. The van der Waals surface area contributed by atoms with Crippen molar-refractivity contribution in [3.8, 4) is 0 Å². The molecule has 0 saturated heterocycles. The molecule has 0 unspecified atom stereocenters. The van der Waals surface area contributed by atoms with E-state index in [9.17, 15) is 8.42 Å². The first kappa shape index (κ1) is 15.5. The van der Waals surface area contributed by atoms with Crippen molar-refractivity contribution < 1.29 is 13.5 Å². The molecule has 5 heteroatoms. The maximum Gasteiger partial charge on any atom is 0.215 e. The van der Waals surface area contributed by atoms with E-state index >= 15 is 0 Å². The molecule has 0 bridgehead atoms. The van der Waals surface area contributed by atoms with Gasteiger partial charge < -0.3 is 5.11 Å². The summed E-state index contributed by atoms with van der Waals surface area (Å²) >= 11 is 0. The Morgan fingerprint density at radius 2 is 2.00 bits per heavy atom. The average molecular weight is 297 g/mol. The zero-order valence-electron chi connectivity index (χ0n) is 11.9. The molecule has 2 N–H and O–H groups in total. The summed E-state index contributed by atoms with van der Waals surface area (Å²) < 4.78 is 27.0. The van der Waals surface area contributed by atoms with Crippen molar-refractivity contribution in [1.29, 1.82) is 0 Å². The van der Waals surface area contributed by atoms with E-state index in [0.29, 0.717) is 12.1 Å². The summed E-state index contributed by atoms with van der Waals surface area (Å²) in [4.78, 5) is 0. The Hall–Kier alpha value is -0.910. The summed E-state index contributed by atoms with van der Waals surface area (Å²) in [5, 5.41) is 9.08. The molecule has 0 radical (unpaired) electrons. The van der Waals surface area contributed by atoms with Crippen LogP contribution in [0.2, 0.25) is 0 Å². The van der Waals surface area contributed by atoms with Crippen molar-refractivity contribution in [1.82, 2.24) is 4.72 Å². The molecule has 1 aromatic carbocycles. The first-order valence-corrected chi connectivity index (χ1v) is 8.80. The van der Waals surface area contributed by atoms with E-state index in [2.05, 4.69) is 11.6 Å². The summed E-state index contributed by atoms with van der Waals surface area (Å²) in [6, 6.07) is 7.06. The van der Waals surface area contributed by atoms with Crippen molar-refractivity contribution in [3.05, 3.63) is 35.4 Å². The van der Waals surface area contributed by atoms with Gasteiger partial charge in [-0.3, -0.25) is 0 Å². The molecule has 1 aliphatic rings. The quantitative estimate of drug-likeness (QED) is 0.810. The summed E-state index contributed by atoms with van der Waals surface area (Å²) in [6.07, 6.45) is 4.46. The predicted octanol–water partition coefficient (Wildman–Crippen LogP) is 2.18. The molecule has 20 heavy (non-hydrogen) atoms. The van der Waals surface area contributed by atoms with Crippen molar-refractivity contribution >= 4 is 10.0 Å². The van der Waals surface area contributed by atoms with Gasteiger partial charge in [-0.2, -0.15) is 0 Å². The van der Waals surface area contributed by atoms with Gasteiger partial charge in [0.15, 0.2) is 0 Å². The van der Waals surface area contributed by atoms with E-state index in [1.54, 1.807) is 24.3 Å². The van der Waals surface area contributed by atoms with Gasteiger partial charge in [0.25, 0.3) is 0 Å². The number of sulfonamides is 1. The Balaban J connectivity index is 1.96. The smallest absolute Gasteiger partial charge is 0.215 e. The number of aliphatic hydroxyl groups excluding tert-OH is 1. The molecule has 0 spiro atoms. The van der Waals surface area contributed by atoms with Crippen LogP contribution in [0.1, 0.15) is 43.7 Å². The van der Waals surface area contributed by atoms with Crippen LogP contribution in [-0.4, -0.2) is 20.1 Å². The van der Waals surface area contributed by atoms with Crippen LogP contribution in [-0.2, 0) is 22.4 Å². The SMILES string of the molecule is CCC1(CNS(=O)(=O)Cc2cccc(CO)c2)CCC1. The number of nitrogens with one attached hydrogen (secondary N) is 1. The minimum absolute atomic E-state index is 0.0271. The van der Waals surface area contributed by atoms with Crippen LogP contribution in [0.3, 0.4) is 0 Å². The third kappa shape index (κ3) is 3.81. The van der Waals surface area contributed by atoms with Gasteiger partial charge in [0, 0.05) is 6.54 Å². The highest BCUT2D eigenvalue weighted by Gasteiger charge is 2.35. The van der Waals surface area contributed by atoms with E-state index in [-0.39, 0.29) is 17.8 Å². The fraction of sp³-hybridized carbons (Fsp3) is 0.600. The van der Waals surface area contributed by atoms with Crippen molar-refractivity contribution in [3.63, 3.8) is 0 Å². The van der Waals surface area contributed by atoms with Gasteiger partial charge in [0.1, 0.15) is 0 Å². The largest absolute Gasteiger partial charge is 0.392 e. The third-order valence-electron chi connectivity index (χ3n) is 4.36. The molecule has 0 amide bonds. The second kappa shape index (κ2) is 6.24. The lowest BCUT2D eigenvalue weighted by atomic mass is 9.67. The molecule has 112 valence electrons. The summed E-state index contributed by atoms with van der Waals surface area (Å²) in [5.41, 5.74) is 1.63. The molecule has 0 aromatic heterocycles. The van der Waals surface area contributed by atoms with Gasteiger partial charge in [-0.15, -0.1) is 0 Å². The summed E-state index contributed by atoms with van der Waals surface area (Å²) in [5.74, 6) is -0.0271. The van der Waals surface area contributed by atoms with Gasteiger partial charge in [-0.1, -0.05) is 37.6 Å². The highest BCUT2D eigenvalue weighted by Crippen LogP contribution is 2.43. The minimum Gasteiger partial charge on any atom is -0.392 e. The zero-order valence-corrected chi connectivity index (χ0v) is 12.7. The maximum absolute atomic E-state index is 12.1. The van der Waals surface area contributed by atoms with Gasteiger partial charge in [0.05, 0.1) is 12.4 Å². The van der Waals surface area contributed by atoms with E-state index < -0.39 is 10.0 Å². The van der Waals surface area contributed by atoms with Crippen LogP contribution >= 0.6 is 0 Å². The highest BCUT2D eigenvalue weighted by molar-refractivity contribution is 7.88. The molecule has 1 fully saturated rings. The molecule has 0 atom stereocenters. The number of aliphatic hydroxyl groups is 1. The lowest BCUT2D eigenvalue weighted by Crippen LogP contribution is -2.42. The van der Waals surface area contributed by atoms with Gasteiger partial charge >= 0.3 is 0 Å². The van der Waals surface area contributed by atoms with Crippen molar-refractivity contribution in [2.45, 2.75) is 45.0 Å². The monoisotopic (exact) mass is 297 g/mol. The van der Waals surface area contributed by atoms with Crippen LogP contribution in [0.4, 0.5) is 0 Å². The molecule has 2 rings (SSSR count). The second-order valence-electron chi connectivity index (χ2n) is 5.77. The Labute approximate surface area is 121 Å². The van der Waals surface area contributed by atoms with Crippen LogP contribution in [0.25, 0.3) is 0 Å². The lowest BCUT2D eigenvalue weighted by molar-refractivity contribution is 0.133. The fourth-order valence-corrected chi connectivity index (χ4v) is 3.93. The standard InChI is InChI=1S/C15H23NO3S/c1-2-15(7-4-8-15)12-16-20(18,19)11-14-6-3-5-13(9-14)10-17/h3,5-6,9,16-17H,2,4,7-8,10-12H2,1H3. The Morgan fingerprint density at radius 3 is 2.55 bits per heavy atom. The summed E-state index contributed by atoms with van der Waals surface area (Å²) in [7, 11) is -3.31. The van der Waals surface area contributed by atoms with Crippen molar-refractivity contribution in [2.75, 3.05) is 6.54 Å². The van der Waals surface area contributed by atoms with Crippen LogP contribution in [0.5, 0.6) is 0 Å². The van der Waals surface area contributed by atoms with Gasteiger partial charge in [0.2, 0.25) is 10.0 Å². The predicted molar refractivity (Wildman–Crippen MR) is 79.6 cm³/mol. The fourth-order valence-electron chi connectivity index (χ4n) is 2.68. The van der Waals surface area contributed by atoms with Crippen molar-refractivity contribution in [2.24, 2.45) is 5.41 Å². The number of hydrogen-bond donors (Lipinski definition) is 2. The highest BCUT2D eigenvalue weighted by atomic mass is 32.2. The normalized spacial score (nSPS) is 17.7. The summed E-state index contributed by atoms with van der Waals surface area (Å²) in [6.45, 7) is 2.60. The third-order valence-corrected chi connectivity index (χ3v) is 5.66. The van der Waals surface area contributed by atoms with Crippen LogP contribution in [0, 0.1) is 5.41 Å². The topological polar surface area (TPSA) is 66.4 Å². The average Bonchev–Trinajstić information content (AvgIpc) is 2.37. The minimum atomic E-state index is -3.31. The molecule has 1 saturated carbocycles. The van der Waals surface area contributed by atoms with Gasteiger partial charge in [-0.25, -0.2) is 13.1 Å². The molecular formula is C15H23NO3S. The van der Waals surface area contributed by atoms with E-state index in [0.717, 1.165) is 24.8 Å². The van der Waals surface area contributed by atoms with E-state index in [4.69, 9.17) is 5.11 Å². The number of benzene rings is 1. The molecule has 4 nitrogen and oxygen atoms in total. The Morgan fingerprint density at radius 1 is 1.30 bits per heavy atom. The van der Waals surface area contributed by atoms with Crippen LogP contribution in [0.15, 0.2) is 24.3 Å². The molecule has 1 aliphatic carbocycles. The van der Waals surface area contributed by atoms with E-state index in [1.165, 1.54) is 6.42 Å². The second-order valence-corrected chi connectivity index (χ2v) is 7.57. The van der Waals surface area contributed by atoms with Crippen LogP contribution < -0.4 is 4.72 Å². The number of rotatable bonds is 7.